The van der Waals surface area contributed by atoms with Crippen LogP contribution >= 0.6 is 11.3 Å². The number of aryl methyl sites for hydroxylation is 1. The number of thiophene rings is 1. The number of hydrogen-bond acceptors (Lipinski definition) is 10. The smallest absolute Gasteiger partial charge is 0.480 e. The number of benzene rings is 2. The number of carbonyl (C=O) groups is 6. The van der Waals surface area contributed by atoms with E-state index in [-0.39, 0.29) is 5.91 Å². The molecular weight excluding hydrogens is 758 g/mol. The van der Waals surface area contributed by atoms with Gasteiger partial charge in [-0.2, -0.15) is 26.3 Å². The van der Waals surface area contributed by atoms with Gasteiger partial charge in [-0.1, -0.05) is 24.3 Å². The minimum Gasteiger partial charge on any atom is -0.480 e. The van der Waals surface area contributed by atoms with Crippen molar-refractivity contribution in [1.82, 2.24) is 0 Å². The molecule has 296 valence electrons. The molecule has 2 aromatic carbocycles. The molecule has 4 rings (SSSR count). The van der Waals surface area contributed by atoms with Gasteiger partial charge in [0.25, 0.3) is 11.8 Å². The number of fused-ring (bicyclic) bond motifs is 1. The highest BCUT2D eigenvalue weighted by atomic mass is 32.1. The summed E-state index contributed by atoms with van der Waals surface area (Å²) in [6.07, 6.45) is -6.24. The fourth-order valence-electron chi connectivity index (χ4n) is 4.37. The lowest BCUT2D eigenvalue weighted by molar-refractivity contribution is -0.193. The molecule has 1 aliphatic carbocycles. The molecule has 0 spiro atoms. The standard InChI is InChI=1S/C17H19N3O3.C12H15NO3S.2C2HF3O2/c18-9-12-4-6-15(7-5-12)20(11-16(21)22)17(23)14-3-1-2-13(8-14)10-19;1-2-16-12(15)9-7-5-3-4-6-8(7)17-10(9)11(13)14;2*3-2(4,5)1(6)7/h1-8H,9-11,18-19H2,(H,21,22);2-6H2,1H3,(H2,13,14);2*(H,6,7). The number of hydrogen-bond donors (Lipinski definition) is 6. The Labute approximate surface area is 307 Å². The minimum atomic E-state index is -5.08. The van der Waals surface area contributed by atoms with Crippen LogP contribution in [-0.4, -0.2) is 76.5 Å². The Morgan fingerprint density at radius 1 is 0.815 bits per heavy atom. The van der Waals surface area contributed by atoms with Crippen LogP contribution in [0.25, 0.3) is 0 Å². The quantitative estimate of drug-likeness (QED) is 0.129. The normalized spacial score (nSPS) is 11.8. The Bertz CT molecular complexity index is 1760. The molecule has 0 saturated heterocycles. The van der Waals surface area contributed by atoms with Crippen LogP contribution in [0.2, 0.25) is 0 Å². The fourth-order valence-corrected chi connectivity index (χ4v) is 5.60. The number of alkyl halides is 6. The first kappa shape index (κ1) is 46.5. The van der Waals surface area contributed by atoms with E-state index in [9.17, 15) is 45.5 Å². The predicted molar refractivity (Wildman–Crippen MR) is 181 cm³/mol. The van der Waals surface area contributed by atoms with Crippen LogP contribution in [0.3, 0.4) is 0 Å². The van der Waals surface area contributed by atoms with Crippen molar-refractivity contribution in [2.45, 2.75) is 58.0 Å². The zero-order chi connectivity index (χ0) is 41.4. The van der Waals surface area contributed by atoms with Gasteiger partial charge in [-0.25, -0.2) is 14.4 Å². The topological polar surface area (TPSA) is 254 Å². The van der Waals surface area contributed by atoms with Crippen LogP contribution < -0.4 is 22.1 Å². The van der Waals surface area contributed by atoms with Crippen molar-refractivity contribution >= 4 is 52.7 Å². The molecule has 0 radical (unpaired) electrons. The molecule has 1 heterocycles. The lowest BCUT2D eigenvalue weighted by atomic mass is 9.95. The van der Waals surface area contributed by atoms with Gasteiger partial charge in [0.15, 0.2) is 0 Å². The van der Waals surface area contributed by atoms with Gasteiger partial charge in [0.05, 0.1) is 12.2 Å². The van der Waals surface area contributed by atoms with Crippen LogP contribution in [0.15, 0.2) is 48.5 Å². The number of carboxylic acid groups (broad SMARTS) is 3. The first-order valence-corrected chi connectivity index (χ1v) is 16.2. The zero-order valence-corrected chi connectivity index (χ0v) is 29.1. The zero-order valence-electron chi connectivity index (χ0n) is 28.3. The highest BCUT2D eigenvalue weighted by molar-refractivity contribution is 7.14. The van der Waals surface area contributed by atoms with Crippen molar-refractivity contribution in [1.29, 1.82) is 0 Å². The van der Waals surface area contributed by atoms with E-state index in [0.717, 1.165) is 47.3 Å². The Morgan fingerprint density at radius 3 is 1.78 bits per heavy atom. The molecule has 3 aromatic rings. The third kappa shape index (κ3) is 14.8. The summed E-state index contributed by atoms with van der Waals surface area (Å²) in [5.41, 5.74) is 20.5. The molecule has 21 heteroatoms. The van der Waals surface area contributed by atoms with Crippen molar-refractivity contribution in [3.63, 3.8) is 0 Å². The highest BCUT2D eigenvalue weighted by Crippen LogP contribution is 2.34. The van der Waals surface area contributed by atoms with E-state index in [1.54, 1.807) is 49.4 Å². The van der Waals surface area contributed by atoms with Gasteiger partial charge in [0, 0.05) is 29.2 Å². The van der Waals surface area contributed by atoms with E-state index >= 15 is 0 Å². The van der Waals surface area contributed by atoms with Gasteiger partial charge < -0.3 is 37.3 Å². The number of nitrogens with two attached hydrogens (primary N) is 3. The molecule has 0 fully saturated rings. The highest BCUT2D eigenvalue weighted by Gasteiger charge is 2.39. The number of anilines is 1. The molecule has 0 saturated carbocycles. The molecule has 9 N–H and O–H groups in total. The lowest BCUT2D eigenvalue weighted by Gasteiger charge is -2.21. The van der Waals surface area contributed by atoms with Crippen LogP contribution in [0.4, 0.5) is 32.0 Å². The number of esters is 1. The number of amides is 2. The second-order valence-corrected chi connectivity index (χ2v) is 11.8. The van der Waals surface area contributed by atoms with Gasteiger partial charge in [-0.15, -0.1) is 11.3 Å². The molecule has 0 unspecified atom stereocenters. The van der Waals surface area contributed by atoms with Crippen molar-refractivity contribution in [3.8, 4) is 0 Å². The summed E-state index contributed by atoms with van der Waals surface area (Å²) < 4.78 is 68.5. The second kappa shape index (κ2) is 21.2. The molecule has 54 heavy (non-hydrogen) atoms. The molecule has 0 atom stereocenters. The van der Waals surface area contributed by atoms with Crippen LogP contribution in [0.1, 0.15) is 71.7 Å². The van der Waals surface area contributed by atoms with Crippen molar-refractivity contribution in [2.75, 3.05) is 18.1 Å². The third-order valence-electron chi connectivity index (χ3n) is 6.79. The number of carbonyl (C=O) groups excluding carboxylic acids is 3. The number of carboxylic acids is 3. The maximum absolute atomic E-state index is 12.7. The van der Waals surface area contributed by atoms with E-state index in [2.05, 4.69) is 0 Å². The Morgan fingerprint density at radius 2 is 1.33 bits per heavy atom. The van der Waals surface area contributed by atoms with E-state index in [4.69, 9.17) is 46.8 Å². The number of primary amides is 1. The Hall–Kier alpha value is -5.54. The largest absolute Gasteiger partial charge is 0.490 e. The molecule has 1 aromatic heterocycles. The summed E-state index contributed by atoms with van der Waals surface area (Å²) in [4.78, 5) is 67.6. The SMILES string of the molecule is CCOC(=O)c1c(C(N)=O)sc2c1CCCC2.NCc1ccc(N(CC(=O)O)C(=O)c2cccc(CN)c2)cc1.O=C(O)C(F)(F)F.O=C(O)C(F)(F)F. The fraction of sp³-hybridized carbons (Fsp3) is 0.333. The number of halogens is 6. The second-order valence-electron chi connectivity index (χ2n) is 10.7. The summed E-state index contributed by atoms with van der Waals surface area (Å²) in [5, 5.41) is 23.4. The van der Waals surface area contributed by atoms with Crippen LogP contribution in [0.5, 0.6) is 0 Å². The van der Waals surface area contributed by atoms with E-state index < -0.39 is 48.7 Å². The molecule has 2 amide bonds. The molecule has 1 aliphatic rings. The lowest BCUT2D eigenvalue weighted by Crippen LogP contribution is -2.35. The summed E-state index contributed by atoms with van der Waals surface area (Å²) >= 11 is 1.35. The summed E-state index contributed by atoms with van der Waals surface area (Å²) in [6, 6.07) is 13.8. The maximum atomic E-state index is 12.7. The van der Waals surface area contributed by atoms with E-state index in [1.165, 1.54) is 16.2 Å². The molecule has 0 bridgehead atoms. The number of ether oxygens (including phenoxy) is 1. The minimum absolute atomic E-state index is 0.307. The molecule has 0 aliphatic heterocycles. The van der Waals surface area contributed by atoms with Crippen molar-refractivity contribution in [2.24, 2.45) is 17.2 Å². The predicted octanol–water partition coefficient (Wildman–Crippen LogP) is 4.50. The number of nitrogens with zero attached hydrogens (tertiary/aromatic N) is 1. The first-order valence-electron chi connectivity index (χ1n) is 15.4. The van der Waals surface area contributed by atoms with Gasteiger partial charge in [0.1, 0.15) is 11.4 Å². The average Bonchev–Trinajstić information content (AvgIpc) is 3.51. The summed E-state index contributed by atoms with van der Waals surface area (Å²) in [5.74, 6) is -7.94. The maximum Gasteiger partial charge on any atom is 0.490 e. The molecule has 14 nitrogen and oxygen atoms in total. The number of aliphatic carboxylic acids is 3. The Kier molecular flexibility index (Phi) is 18.3. The molecular formula is C33H36F6N4O10S. The van der Waals surface area contributed by atoms with Gasteiger partial charge >= 0.3 is 36.2 Å². The Balaban J connectivity index is 0.000000409. The van der Waals surface area contributed by atoms with Crippen LogP contribution in [-0.2, 0) is 45.1 Å². The van der Waals surface area contributed by atoms with Crippen molar-refractivity contribution in [3.05, 3.63) is 86.1 Å². The van der Waals surface area contributed by atoms with Gasteiger partial charge in [-0.05, 0) is 73.6 Å². The van der Waals surface area contributed by atoms with Gasteiger partial charge in [-0.3, -0.25) is 19.3 Å². The van der Waals surface area contributed by atoms with E-state index in [0.29, 0.717) is 41.4 Å². The summed E-state index contributed by atoms with van der Waals surface area (Å²) in [6.45, 7) is 2.33. The summed E-state index contributed by atoms with van der Waals surface area (Å²) in [7, 11) is 0. The third-order valence-corrected chi connectivity index (χ3v) is 8.10. The first-order chi connectivity index (χ1) is 25.1. The van der Waals surface area contributed by atoms with E-state index in [1.807, 2.05) is 6.07 Å². The monoisotopic (exact) mass is 794 g/mol. The number of rotatable bonds is 9. The average molecular weight is 795 g/mol. The van der Waals surface area contributed by atoms with Gasteiger partial charge in [0.2, 0.25) is 0 Å². The van der Waals surface area contributed by atoms with Crippen molar-refractivity contribution < 1.29 is 75.2 Å². The van der Waals surface area contributed by atoms with Crippen LogP contribution in [0, 0.1) is 0 Å².